The predicted octanol–water partition coefficient (Wildman–Crippen LogP) is 5.83. The fraction of sp³-hybridized carbons (Fsp3) is 0.308. The Morgan fingerprint density at radius 1 is 1.00 bits per heavy atom. The molecule has 1 aromatic heterocycles. The standard InChI is InChI=1S/C26H28F2N2O2/c1-25(2,3)30-24(31)26(27,28)17-22(18-11-13-21(32-4)14-12-18)19-8-7-9-20(16-19)23-10-5-6-15-29-23/h5-16,22H,17H2,1-4H3,(H,30,31)/t22-/m0/s1. The van der Waals surface area contributed by atoms with Gasteiger partial charge in [0.25, 0.3) is 5.91 Å². The zero-order chi connectivity index (χ0) is 23.4. The van der Waals surface area contributed by atoms with E-state index < -0.39 is 29.7 Å². The smallest absolute Gasteiger partial charge is 0.325 e. The van der Waals surface area contributed by atoms with Gasteiger partial charge in [-0.05, 0) is 62.2 Å². The van der Waals surface area contributed by atoms with E-state index in [2.05, 4.69) is 10.3 Å². The van der Waals surface area contributed by atoms with Crippen molar-refractivity contribution in [3.63, 3.8) is 0 Å². The van der Waals surface area contributed by atoms with Crippen LogP contribution in [0.2, 0.25) is 0 Å². The minimum absolute atomic E-state index is 0.631. The predicted molar refractivity (Wildman–Crippen MR) is 122 cm³/mol. The second-order valence-electron chi connectivity index (χ2n) is 8.78. The summed E-state index contributed by atoms with van der Waals surface area (Å²) in [6.07, 6.45) is 1.03. The average Bonchev–Trinajstić information content (AvgIpc) is 2.77. The van der Waals surface area contributed by atoms with Crippen LogP contribution in [0.4, 0.5) is 8.78 Å². The zero-order valence-corrected chi connectivity index (χ0v) is 18.7. The van der Waals surface area contributed by atoms with Crippen LogP contribution in [0.5, 0.6) is 5.75 Å². The van der Waals surface area contributed by atoms with Crippen molar-refractivity contribution in [3.05, 3.63) is 84.1 Å². The van der Waals surface area contributed by atoms with Gasteiger partial charge in [-0.15, -0.1) is 0 Å². The van der Waals surface area contributed by atoms with E-state index in [1.165, 1.54) is 0 Å². The summed E-state index contributed by atoms with van der Waals surface area (Å²) in [6.45, 7) is 5.04. The van der Waals surface area contributed by atoms with Gasteiger partial charge in [-0.2, -0.15) is 8.78 Å². The number of hydrogen-bond acceptors (Lipinski definition) is 3. The summed E-state index contributed by atoms with van der Waals surface area (Å²) in [4.78, 5) is 16.7. The Hall–Kier alpha value is -3.28. The number of hydrogen-bond donors (Lipinski definition) is 1. The van der Waals surface area contributed by atoms with E-state index in [-0.39, 0.29) is 0 Å². The molecule has 3 rings (SSSR count). The second-order valence-corrected chi connectivity index (χ2v) is 8.78. The maximum absolute atomic E-state index is 15.1. The molecule has 6 heteroatoms. The molecule has 3 aromatic rings. The van der Waals surface area contributed by atoms with Crippen molar-refractivity contribution in [2.24, 2.45) is 0 Å². The van der Waals surface area contributed by atoms with Crippen molar-refractivity contribution in [2.75, 3.05) is 7.11 Å². The monoisotopic (exact) mass is 438 g/mol. The molecule has 2 aromatic carbocycles. The summed E-state index contributed by atoms with van der Waals surface area (Å²) in [6, 6.07) is 19.9. The van der Waals surface area contributed by atoms with Crippen LogP contribution in [0.15, 0.2) is 72.9 Å². The Balaban J connectivity index is 2.01. The number of amides is 1. The lowest BCUT2D eigenvalue weighted by atomic mass is 9.85. The van der Waals surface area contributed by atoms with Crippen molar-refractivity contribution < 1.29 is 18.3 Å². The molecule has 0 unspecified atom stereocenters. The fourth-order valence-corrected chi connectivity index (χ4v) is 3.49. The van der Waals surface area contributed by atoms with Gasteiger partial charge >= 0.3 is 5.92 Å². The van der Waals surface area contributed by atoms with Crippen LogP contribution in [0.1, 0.15) is 44.2 Å². The second kappa shape index (κ2) is 9.47. The number of nitrogens with zero attached hydrogens (tertiary/aromatic N) is 1. The molecule has 0 radical (unpaired) electrons. The molecule has 0 aliphatic rings. The van der Waals surface area contributed by atoms with Crippen molar-refractivity contribution in [3.8, 4) is 17.0 Å². The first-order valence-electron chi connectivity index (χ1n) is 10.4. The summed E-state index contributed by atoms with van der Waals surface area (Å²) in [5.74, 6) is -4.90. The Labute approximate surface area is 187 Å². The maximum Gasteiger partial charge on any atom is 0.325 e. The van der Waals surface area contributed by atoms with Gasteiger partial charge < -0.3 is 10.1 Å². The minimum atomic E-state index is -3.56. The Bertz CT molecular complexity index is 1050. The lowest BCUT2D eigenvalue weighted by molar-refractivity contribution is -0.148. The van der Waals surface area contributed by atoms with E-state index in [0.29, 0.717) is 16.9 Å². The highest BCUT2D eigenvalue weighted by molar-refractivity contribution is 5.84. The van der Waals surface area contributed by atoms with Crippen LogP contribution in [-0.2, 0) is 4.79 Å². The first-order valence-corrected chi connectivity index (χ1v) is 10.4. The van der Waals surface area contributed by atoms with Crippen molar-refractivity contribution in [1.29, 1.82) is 0 Å². The van der Waals surface area contributed by atoms with Gasteiger partial charge in [0.1, 0.15) is 5.75 Å². The van der Waals surface area contributed by atoms with E-state index in [0.717, 1.165) is 11.3 Å². The van der Waals surface area contributed by atoms with Crippen LogP contribution in [0.25, 0.3) is 11.3 Å². The quantitative estimate of drug-likeness (QED) is 0.505. The van der Waals surface area contributed by atoms with Crippen LogP contribution < -0.4 is 10.1 Å². The number of benzene rings is 2. The zero-order valence-electron chi connectivity index (χ0n) is 18.7. The van der Waals surface area contributed by atoms with Crippen LogP contribution >= 0.6 is 0 Å². The average molecular weight is 439 g/mol. The molecular formula is C26H28F2N2O2. The Morgan fingerprint density at radius 3 is 2.31 bits per heavy atom. The molecule has 0 fully saturated rings. The van der Waals surface area contributed by atoms with Crippen molar-refractivity contribution >= 4 is 5.91 Å². The first-order chi connectivity index (χ1) is 15.1. The molecule has 1 heterocycles. The molecule has 0 aliphatic heterocycles. The van der Waals surface area contributed by atoms with E-state index in [9.17, 15) is 4.79 Å². The molecule has 0 bridgehead atoms. The SMILES string of the molecule is COc1ccc([C@H](CC(F)(F)C(=O)NC(C)(C)C)c2cccc(-c3ccccn3)c2)cc1. The molecule has 1 atom stereocenters. The summed E-state index contributed by atoms with van der Waals surface area (Å²) < 4.78 is 35.4. The topological polar surface area (TPSA) is 51.2 Å². The van der Waals surface area contributed by atoms with E-state index >= 15 is 8.78 Å². The molecule has 1 amide bonds. The first kappa shape index (κ1) is 23.4. The number of pyridine rings is 1. The molecule has 0 saturated heterocycles. The van der Waals surface area contributed by atoms with Gasteiger partial charge in [0.15, 0.2) is 0 Å². The Morgan fingerprint density at radius 2 is 1.72 bits per heavy atom. The minimum Gasteiger partial charge on any atom is -0.497 e. The number of methoxy groups -OCH3 is 1. The molecular weight excluding hydrogens is 410 g/mol. The molecule has 0 saturated carbocycles. The maximum atomic E-state index is 15.1. The summed E-state index contributed by atoms with van der Waals surface area (Å²) in [7, 11) is 1.55. The number of carbonyl (C=O) groups excluding carboxylic acids is 1. The van der Waals surface area contributed by atoms with Crippen molar-refractivity contribution in [2.45, 2.75) is 44.6 Å². The van der Waals surface area contributed by atoms with Gasteiger partial charge in [0.05, 0.1) is 12.8 Å². The molecule has 4 nitrogen and oxygen atoms in total. The van der Waals surface area contributed by atoms with Gasteiger partial charge in [0.2, 0.25) is 0 Å². The van der Waals surface area contributed by atoms with Crippen LogP contribution in [0, 0.1) is 0 Å². The third-order valence-corrected chi connectivity index (χ3v) is 5.05. The molecule has 1 N–H and O–H groups in total. The highest BCUT2D eigenvalue weighted by Gasteiger charge is 2.43. The lowest BCUT2D eigenvalue weighted by Gasteiger charge is -2.28. The number of aromatic nitrogens is 1. The lowest BCUT2D eigenvalue weighted by Crippen LogP contribution is -2.49. The third-order valence-electron chi connectivity index (χ3n) is 5.05. The number of ether oxygens (including phenoxy) is 1. The van der Waals surface area contributed by atoms with E-state index in [4.69, 9.17) is 4.74 Å². The fourth-order valence-electron chi connectivity index (χ4n) is 3.49. The molecule has 168 valence electrons. The number of halogens is 2. The van der Waals surface area contributed by atoms with Gasteiger partial charge in [-0.25, -0.2) is 0 Å². The van der Waals surface area contributed by atoms with E-state index in [1.807, 2.05) is 36.4 Å². The Kier molecular flexibility index (Phi) is 6.92. The third kappa shape index (κ3) is 5.90. The van der Waals surface area contributed by atoms with Crippen LogP contribution in [-0.4, -0.2) is 29.5 Å². The van der Waals surface area contributed by atoms with E-state index in [1.54, 1.807) is 64.4 Å². The van der Waals surface area contributed by atoms with Gasteiger partial charge in [0, 0.05) is 29.6 Å². The summed E-state index contributed by atoms with van der Waals surface area (Å²) in [5.41, 5.74) is 2.17. The van der Waals surface area contributed by atoms with Gasteiger partial charge in [-0.1, -0.05) is 36.4 Å². The van der Waals surface area contributed by atoms with Crippen LogP contribution in [0.3, 0.4) is 0 Å². The summed E-state index contributed by atoms with van der Waals surface area (Å²) in [5, 5.41) is 2.40. The highest BCUT2D eigenvalue weighted by atomic mass is 19.3. The molecule has 32 heavy (non-hydrogen) atoms. The largest absolute Gasteiger partial charge is 0.497 e. The van der Waals surface area contributed by atoms with Crippen molar-refractivity contribution in [1.82, 2.24) is 10.3 Å². The number of alkyl halides is 2. The number of nitrogens with one attached hydrogen (secondary N) is 1. The molecule has 0 spiro atoms. The summed E-state index contributed by atoms with van der Waals surface area (Å²) >= 11 is 0. The van der Waals surface area contributed by atoms with Gasteiger partial charge in [-0.3, -0.25) is 9.78 Å². The normalized spacial score (nSPS) is 12.8. The molecule has 0 aliphatic carbocycles. The number of rotatable bonds is 7. The highest BCUT2D eigenvalue weighted by Crippen LogP contribution is 2.37. The number of carbonyl (C=O) groups is 1.